The minimum absolute atomic E-state index is 0.0533. The molecule has 0 radical (unpaired) electrons. The summed E-state index contributed by atoms with van der Waals surface area (Å²) in [5, 5.41) is 8.72. The molecule has 0 heterocycles. The maximum absolute atomic E-state index is 12.8. The van der Waals surface area contributed by atoms with E-state index in [0.29, 0.717) is 30.0 Å². The summed E-state index contributed by atoms with van der Waals surface area (Å²) in [6.45, 7) is 4.51. The van der Waals surface area contributed by atoms with Crippen LogP contribution < -0.4 is 0 Å². The Morgan fingerprint density at radius 2 is 1.73 bits per heavy atom. The standard InChI is InChI=1S/C30H44O3/c1-21-13-14-24-23(19-21)20-22(11-9-7-5-3-4-6-8-10-12-28(32)33)29-25(24)17-18-30(2)26(29)15-16-27(30)31/h13-14,19,22,25-26,29H,3-12,15-18,20H2,1-2H3,(H,32,33)/t22-,25?,26?,29?,30+/m1/s1. The minimum Gasteiger partial charge on any atom is -0.481 e. The van der Waals surface area contributed by atoms with E-state index in [0.717, 1.165) is 38.0 Å². The van der Waals surface area contributed by atoms with Crippen LogP contribution in [-0.4, -0.2) is 16.9 Å². The average molecular weight is 453 g/mol. The Hall–Kier alpha value is -1.64. The van der Waals surface area contributed by atoms with E-state index in [4.69, 9.17) is 5.11 Å². The van der Waals surface area contributed by atoms with E-state index in [-0.39, 0.29) is 5.41 Å². The number of rotatable bonds is 11. The summed E-state index contributed by atoms with van der Waals surface area (Å²) in [5.41, 5.74) is 4.52. The second-order valence-corrected chi connectivity index (χ2v) is 11.6. The third kappa shape index (κ3) is 5.38. The van der Waals surface area contributed by atoms with Crippen LogP contribution in [0.5, 0.6) is 0 Å². The van der Waals surface area contributed by atoms with Gasteiger partial charge in [-0.1, -0.05) is 75.6 Å². The van der Waals surface area contributed by atoms with Crippen LogP contribution in [0.15, 0.2) is 18.2 Å². The average Bonchev–Trinajstić information content (AvgIpc) is 3.08. The second kappa shape index (κ2) is 10.7. The number of hydrogen-bond donors (Lipinski definition) is 1. The van der Waals surface area contributed by atoms with Gasteiger partial charge >= 0.3 is 5.97 Å². The number of unbranched alkanes of at least 4 members (excludes halogenated alkanes) is 7. The topological polar surface area (TPSA) is 54.4 Å². The maximum Gasteiger partial charge on any atom is 0.303 e. The van der Waals surface area contributed by atoms with Crippen LogP contribution in [-0.2, 0) is 16.0 Å². The third-order valence-corrected chi connectivity index (χ3v) is 9.48. The molecular weight excluding hydrogens is 408 g/mol. The zero-order valence-electron chi connectivity index (χ0n) is 20.9. The summed E-state index contributed by atoms with van der Waals surface area (Å²) < 4.78 is 0. The van der Waals surface area contributed by atoms with E-state index in [1.165, 1.54) is 63.4 Å². The Morgan fingerprint density at radius 1 is 1.03 bits per heavy atom. The molecule has 182 valence electrons. The third-order valence-electron chi connectivity index (χ3n) is 9.48. The normalized spacial score (nSPS) is 30.5. The number of hydrogen-bond acceptors (Lipinski definition) is 2. The van der Waals surface area contributed by atoms with E-state index < -0.39 is 5.97 Å². The molecule has 1 aromatic carbocycles. The van der Waals surface area contributed by atoms with E-state index >= 15 is 0 Å². The minimum atomic E-state index is -0.669. The van der Waals surface area contributed by atoms with Crippen LogP contribution in [0.3, 0.4) is 0 Å². The van der Waals surface area contributed by atoms with Gasteiger partial charge in [-0.2, -0.15) is 0 Å². The molecule has 3 nitrogen and oxygen atoms in total. The van der Waals surface area contributed by atoms with Gasteiger partial charge in [0.2, 0.25) is 0 Å². The number of carboxylic acid groups (broad SMARTS) is 1. The van der Waals surface area contributed by atoms with Gasteiger partial charge in [0.1, 0.15) is 5.78 Å². The van der Waals surface area contributed by atoms with Gasteiger partial charge in [-0.05, 0) is 80.2 Å². The lowest BCUT2D eigenvalue weighted by Gasteiger charge is -2.52. The first kappa shape index (κ1) is 24.5. The molecule has 0 amide bonds. The number of ketones is 1. The molecular formula is C30H44O3. The SMILES string of the molecule is Cc1ccc2c(c1)C[C@@H](CCCCCCCCCCC(=O)O)C1C2CC[C@]2(C)C(=O)CCC12. The van der Waals surface area contributed by atoms with Gasteiger partial charge in [0, 0.05) is 18.3 Å². The molecule has 3 unspecified atom stereocenters. The number of aliphatic carboxylic acids is 1. The van der Waals surface area contributed by atoms with Crippen molar-refractivity contribution in [2.75, 3.05) is 0 Å². The summed E-state index contributed by atoms with van der Waals surface area (Å²) in [6.07, 6.45) is 16.5. The number of carbonyl (C=O) groups excluding carboxylic acids is 1. The highest BCUT2D eigenvalue weighted by molar-refractivity contribution is 5.87. The van der Waals surface area contributed by atoms with Gasteiger partial charge in [-0.3, -0.25) is 9.59 Å². The van der Waals surface area contributed by atoms with Gasteiger partial charge in [0.15, 0.2) is 0 Å². The molecule has 0 aliphatic heterocycles. The lowest BCUT2D eigenvalue weighted by molar-refractivity contribution is -0.137. The van der Waals surface area contributed by atoms with Crippen molar-refractivity contribution in [3.8, 4) is 0 Å². The quantitative estimate of drug-likeness (QED) is 0.351. The molecule has 1 N–H and O–H groups in total. The smallest absolute Gasteiger partial charge is 0.303 e. The maximum atomic E-state index is 12.8. The molecule has 33 heavy (non-hydrogen) atoms. The fraction of sp³-hybridized carbons (Fsp3) is 0.733. The number of carbonyl (C=O) groups is 2. The first-order chi connectivity index (χ1) is 15.9. The predicted octanol–water partition coefficient (Wildman–Crippen LogP) is 7.63. The molecule has 0 spiro atoms. The Bertz CT molecular complexity index is 843. The highest BCUT2D eigenvalue weighted by Gasteiger charge is 2.56. The van der Waals surface area contributed by atoms with Gasteiger partial charge in [0.05, 0.1) is 0 Å². The van der Waals surface area contributed by atoms with Gasteiger partial charge in [-0.15, -0.1) is 0 Å². The van der Waals surface area contributed by atoms with E-state index in [9.17, 15) is 9.59 Å². The summed E-state index contributed by atoms with van der Waals surface area (Å²) in [5.74, 6) is 2.55. The van der Waals surface area contributed by atoms with Gasteiger partial charge in [-0.25, -0.2) is 0 Å². The summed E-state index contributed by atoms with van der Waals surface area (Å²) >= 11 is 0. The molecule has 3 aliphatic rings. The van der Waals surface area contributed by atoms with Crippen molar-refractivity contribution >= 4 is 11.8 Å². The summed E-state index contributed by atoms with van der Waals surface area (Å²) in [7, 11) is 0. The Labute approximate surface area is 200 Å². The number of Topliss-reactive ketones (excluding diaryl/α,β-unsaturated/α-hetero) is 1. The van der Waals surface area contributed by atoms with Crippen LogP contribution in [0.1, 0.15) is 119 Å². The fourth-order valence-electron chi connectivity index (χ4n) is 7.72. The summed E-state index contributed by atoms with van der Waals surface area (Å²) in [4.78, 5) is 23.4. The van der Waals surface area contributed by atoms with Crippen molar-refractivity contribution in [3.63, 3.8) is 0 Å². The lowest BCUT2D eigenvalue weighted by atomic mass is 9.52. The van der Waals surface area contributed by atoms with E-state index in [1.807, 2.05) is 0 Å². The van der Waals surface area contributed by atoms with Crippen molar-refractivity contribution in [1.82, 2.24) is 0 Å². The molecule has 2 saturated carbocycles. The Morgan fingerprint density at radius 3 is 2.45 bits per heavy atom. The van der Waals surface area contributed by atoms with Crippen LogP contribution >= 0.6 is 0 Å². The van der Waals surface area contributed by atoms with Crippen molar-refractivity contribution in [3.05, 3.63) is 34.9 Å². The first-order valence-electron chi connectivity index (χ1n) is 13.7. The van der Waals surface area contributed by atoms with Crippen LogP contribution in [0, 0.1) is 30.1 Å². The Balaban J connectivity index is 1.32. The molecule has 0 aromatic heterocycles. The van der Waals surface area contributed by atoms with Crippen molar-refractivity contribution < 1.29 is 14.7 Å². The Kier molecular flexibility index (Phi) is 7.97. The molecule has 3 aliphatic carbocycles. The molecule has 1 aromatic rings. The van der Waals surface area contributed by atoms with Crippen molar-refractivity contribution in [2.45, 2.75) is 116 Å². The number of benzene rings is 1. The monoisotopic (exact) mass is 452 g/mol. The summed E-state index contributed by atoms with van der Waals surface area (Å²) in [6, 6.07) is 7.15. The zero-order chi connectivity index (χ0) is 23.4. The zero-order valence-corrected chi connectivity index (χ0v) is 20.9. The highest BCUT2D eigenvalue weighted by atomic mass is 16.4. The number of fused-ring (bicyclic) bond motifs is 5. The van der Waals surface area contributed by atoms with Crippen LogP contribution in [0.2, 0.25) is 0 Å². The number of aryl methyl sites for hydroxylation is 1. The predicted molar refractivity (Wildman–Crippen MR) is 133 cm³/mol. The molecule has 3 heteroatoms. The fourth-order valence-corrected chi connectivity index (χ4v) is 7.72. The second-order valence-electron chi connectivity index (χ2n) is 11.6. The van der Waals surface area contributed by atoms with Gasteiger partial charge in [0.25, 0.3) is 0 Å². The van der Waals surface area contributed by atoms with Crippen molar-refractivity contribution in [1.29, 1.82) is 0 Å². The lowest BCUT2D eigenvalue weighted by Crippen LogP contribution is -2.46. The van der Waals surface area contributed by atoms with Crippen LogP contribution in [0.4, 0.5) is 0 Å². The van der Waals surface area contributed by atoms with Crippen LogP contribution in [0.25, 0.3) is 0 Å². The van der Waals surface area contributed by atoms with Gasteiger partial charge < -0.3 is 5.11 Å². The van der Waals surface area contributed by atoms with E-state index in [2.05, 4.69) is 32.0 Å². The molecule has 4 rings (SSSR count). The molecule has 5 atom stereocenters. The largest absolute Gasteiger partial charge is 0.481 e. The highest BCUT2D eigenvalue weighted by Crippen LogP contribution is 2.61. The number of carboxylic acids is 1. The van der Waals surface area contributed by atoms with Crippen molar-refractivity contribution in [2.24, 2.45) is 23.2 Å². The first-order valence-corrected chi connectivity index (χ1v) is 13.7. The molecule has 2 fully saturated rings. The molecule has 0 saturated heterocycles. The molecule has 0 bridgehead atoms. The van der Waals surface area contributed by atoms with E-state index in [1.54, 1.807) is 11.1 Å².